The summed E-state index contributed by atoms with van der Waals surface area (Å²) in [4.78, 5) is 11.3. The molecule has 0 aliphatic carbocycles. The van der Waals surface area contributed by atoms with Crippen LogP contribution in [0.1, 0.15) is 6.92 Å². The second-order valence-corrected chi connectivity index (χ2v) is 2.34. The second-order valence-electron chi connectivity index (χ2n) is 2.34. The summed E-state index contributed by atoms with van der Waals surface area (Å²) < 4.78 is 9.96. The van der Waals surface area contributed by atoms with E-state index >= 15 is 0 Å². The van der Waals surface area contributed by atoms with Gasteiger partial charge in [0.25, 0.3) is 0 Å². The number of methoxy groups -OCH3 is 1. The van der Waals surface area contributed by atoms with E-state index in [4.69, 9.17) is 15.2 Å². The molecule has 0 saturated heterocycles. The lowest BCUT2D eigenvalue weighted by atomic mass is 10.6. The van der Waals surface area contributed by atoms with Crippen molar-refractivity contribution in [1.29, 1.82) is 0 Å². The summed E-state index contributed by atoms with van der Waals surface area (Å²) in [6, 6.07) is 0.306. The quantitative estimate of drug-likeness (QED) is 0.702. The van der Waals surface area contributed by atoms with Gasteiger partial charge in [-0.05, 0) is 6.92 Å². The van der Waals surface area contributed by atoms with Crippen LogP contribution in [0, 0.1) is 0 Å². The molecule has 2 N–H and O–H groups in total. The summed E-state index contributed by atoms with van der Waals surface area (Å²) in [5.41, 5.74) is 5.40. The first-order valence-corrected chi connectivity index (χ1v) is 4.05. The van der Waals surface area contributed by atoms with Gasteiger partial charge >= 0.3 is 12.0 Å². The van der Waals surface area contributed by atoms with Crippen molar-refractivity contribution < 1.29 is 9.47 Å². The van der Waals surface area contributed by atoms with E-state index in [-0.39, 0.29) is 18.0 Å². The average molecular weight is 196 g/mol. The highest BCUT2D eigenvalue weighted by molar-refractivity contribution is 5.20. The van der Waals surface area contributed by atoms with Gasteiger partial charge in [-0.3, -0.25) is 0 Å². The van der Waals surface area contributed by atoms with Crippen LogP contribution in [-0.2, 0) is 0 Å². The predicted molar refractivity (Wildman–Crippen MR) is 51.1 cm³/mol. The van der Waals surface area contributed by atoms with Crippen molar-refractivity contribution in [3.63, 3.8) is 0 Å². The Morgan fingerprint density at radius 2 is 2.00 bits per heavy atom. The van der Waals surface area contributed by atoms with Gasteiger partial charge in [0, 0.05) is 0 Å². The van der Waals surface area contributed by atoms with Gasteiger partial charge in [-0.15, -0.1) is 4.98 Å². The molecule has 0 radical (unpaired) electrons. The summed E-state index contributed by atoms with van der Waals surface area (Å²) in [5.74, 6) is 0.0762. The van der Waals surface area contributed by atoms with E-state index in [9.17, 15) is 0 Å². The maximum absolute atomic E-state index is 5.40. The third kappa shape index (κ3) is 2.89. The first kappa shape index (κ1) is 10.2. The molecule has 1 heterocycles. The molecule has 0 aliphatic rings. The molecule has 14 heavy (non-hydrogen) atoms. The van der Waals surface area contributed by atoms with Crippen molar-refractivity contribution in [2.24, 2.45) is 0 Å². The van der Waals surface area contributed by atoms with E-state index in [2.05, 4.69) is 15.0 Å². The first-order chi connectivity index (χ1) is 6.76. The molecule has 1 aromatic rings. The van der Waals surface area contributed by atoms with Gasteiger partial charge in [0.2, 0.25) is 5.95 Å². The lowest BCUT2D eigenvalue weighted by Gasteiger charge is -2.03. The number of hydrogen-bond donors (Lipinski definition) is 1. The van der Waals surface area contributed by atoms with Crippen molar-refractivity contribution in [3.8, 4) is 12.0 Å². The SMILES string of the molecule is C/C=C/COc1nc(N)nc(OC)n1. The van der Waals surface area contributed by atoms with Crippen molar-refractivity contribution in [1.82, 2.24) is 15.0 Å². The standard InChI is InChI=1S/C8H12N4O2/c1-3-4-5-14-8-11-6(9)10-7(12-8)13-2/h3-4H,5H2,1-2H3,(H2,9,10,11,12)/b4-3+. The minimum Gasteiger partial charge on any atom is -0.467 e. The first-order valence-electron chi connectivity index (χ1n) is 4.05. The molecule has 0 aromatic carbocycles. The van der Waals surface area contributed by atoms with Crippen LogP contribution in [0.25, 0.3) is 0 Å². The second kappa shape index (κ2) is 5.00. The third-order valence-corrected chi connectivity index (χ3v) is 1.34. The summed E-state index contributed by atoms with van der Waals surface area (Å²) in [7, 11) is 1.45. The maximum atomic E-state index is 5.40. The highest BCUT2D eigenvalue weighted by atomic mass is 16.5. The Hall–Kier alpha value is -1.85. The molecule has 0 bridgehead atoms. The summed E-state index contributed by atoms with van der Waals surface area (Å²) in [6.07, 6.45) is 3.69. The Kier molecular flexibility index (Phi) is 3.66. The highest BCUT2D eigenvalue weighted by Gasteiger charge is 2.03. The van der Waals surface area contributed by atoms with E-state index < -0.39 is 0 Å². The van der Waals surface area contributed by atoms with Crippen molar-refractivity contribution in [2.45, 2.75) is 6.92 Å². The van der Waals surface area contributed by atoms with Gasteiger partial charge in [-0.1, -0.05) is 12.2 Å². The van der Waals surface area contributed by atoms with Crippen LogP contribution >= 0.6 is 0 Å². The Balaban J connectivity index is 2.71. The molecule has 1 rings (SSSR count). The fourth-order valence-corrected chi connectivity index (χ4v) is 0.728. The van der Waals surface area contributed by atoms with E-state index in [1.54, 1.807) is 0 Å². The number of hydrogen-bond acceptors (Lipinski definition) is 6. The van der Waals surface area contributed by atoms with Crippen molar-refractivity contribution >= 4 is 5.95 Å². The highest BCUT2D eigenvalue weighted by Crippen LogP contribution is 2.09. The molecule has 0 amide bonds. The topological polar surface area (TPSA) is 83.2 Å². The minimum atomic E-state index is 0.0762. The lowest BCUT2D eigenvalue weighted by molar-refractivity contribution is 0.313. The van der Waals surface area contributed by atoms with E-state index in [0.29, 0.717) is 6.61 Å². The van der Waals surface area contributed by atoms with Crippen LogP contribution in [0.2, 0.25) is 0 Å². The zero-order valence-electron chi connectivity index (χ0n) is 8.10. The van der Waals surface area contributed by atoms with Gasteiger partial charge in [0.05, 0.1) is 7.11 Å². The average Bonchev–Trinajstić information content (AvgIpc) is 2.17. The molecule has 0 fully saturated rings. The van der Waals surface area contributed by atoms with Crippen LogP contribution in [0.4, 0.5) is 5.95 Å². The molecular formula is C8H12N4O2. The van der Waals surface area contributed by atoms with Gasteiger partial charge in [-0.2, -0.15) is 9.97 Å². The smallest absolute Gasteiger partial charge is 0.324 e. The van der Waals surface area contributed by atoms with Gasteiger partial charge in [0.1, 0.15) is 6.61 Å². The summed E-state index contributed by atoms with van der Waals surface area (Å²) >= 11 is 0. The molecule has 6 heteroatoms. The van der Waals surface area contributed by atoms with E-state index in [1.165, 1.54) is 7.11 Å². The zero-order valence-corrected chi connectivity index (χ0v) is 8.10. The fourth-order valence-electron chi connectivity index (χ4n) is 0.728. The van der Waals surface area contributed by atoms with Crippen LogP contribution in [0.3, 0.4) is 0 Å². The Morgan fingerprint density at radius 3 is 2.64 bits per heavy atom. The molecular weight excluding hydrogens is 184 g/mol. The van der Waals surface area contributed by atoms with Gasteiger partial charge in [-0.25, -0.2) is 0 Å². The van der Waals surface area contributed by atoms with E-state index in [0.717, 1.165) is 0 Å². The van der Waals surface area contributed by atoms with Gasteiger partial charge in [0.15, 0.2) is 0 Å². The van der Waals surface area contributed by atoms with Crippen LogP contribution < -0.4 is 15.2 Å². The third-order valence-electron chi connectivity index (χ3n) is 1.34. The number of allylic oxidation sites excluding steroid dienone is 1. The normalized spacial score (nSPS) is 10.4. The molecule has 76 valence electrons. The molecule has 0 unspecified atom stereocenters. The monoisotopic (exact) mass is 196 g/mol. The van der Waals surface area contributed by atoms with Crippen molar-refractivity contribution in [3.05, 3.63) is 12.2 Å². The summed E-state index contributed by atoms with van der Waals surface area (Å²) in [6.45, 7) is 2.29. The molecule has 1 aromatic heterocycles. The number of anilines is 1. The number of ether oxygens (including phenoxy) is 2. The maximum Gasteiger partial charge on any atom is 0.324 e. The number of nitrogens with two attached hydrogens (primary N) is 1. The lowest BCUT2D eigenvalue weighted by Crippen LogP contribution is -2.05. The van der Waals surface area contributed by atoms with Gasteiger partial charge < -0.3 is 15.2 Å². The molecule has 0 aliphatic heterocycles. The zero-order chi connectivity index (χ0) is 10.4. The van der Waals surface area contributed by atoms with Crippen molar-refractivity contribution in [2.75, 3.05) is 19.5 Å². The predicted octanol–water partition coefficient (Wildman–Crippen LogP) is 0.417. The van der Waals surface area contributed by atoms with Crippen LogP contribution in [0.15, 0.2) is 12.2 Å². The Morgan fingerprint density at radius 1 is 1.29 bits per heavy atom. The summed E-state index contributed by atoms with van der Waals surface area (Å²) in [5, 5.41) is 0. The fraction of sp³-hybridized carbons (Fsp3) is 0.375. The molecule has 0 atom stereocenters. The largest absolute Gasteiger partial charge is 0.467 e. The number of nitrogens with zero attached hydrogens (tertiary/aromatic N) is 3. The molecule has 0 saturated carbocycles. The Bertz CT molecular complexity index is 327. The Labute approximate surface area is 81.8 Å². The minimum absolute atomic E-state index is 0.0762. The van der Waals surface area contributed by atoms with E-state index in [1.807, 2.05) is 19.1 Å². The number of aromatic nitrogens is 3. The molecule has 0 spiro atoms. The van der Waals surface area contributed by atoms with Crippen LogP contribution in [-0.4, -0.2) is 28.7 Å². The number of nitrogen functional groups attached to an aromatic ring is 1. The number of rotatable bonds is 4. The molecule has 6 nitrogen and oxygen atoms in total. The van der Waals surface area contributed by atoms with Crippen LogP contribution in [0.5, 0.6) is 12.0 Å².